The summed E-state index contributed by atoms with van der Waals surface area (Å²) >= 11 is 0. The zero-order valence-corrected chi connectivity index (χ0v) is 14.9. The van der Waals surface area contributed by atoms with Crippen LogP contribution < -0.4 is 19.5 Å². The van der Waals surface area contributed by atoms with E-state index in [1.165, 1.54) is 21.3 Å². The summed E-state index contributed by atoms with van der Waals surface area (Å²) in [6, 6.07) is 5.04. The van der Waals surface area contributed by atoms with Crippen molar-refractivity contribution in [2.24, 2.45) is 0 Å². The minimum atomic E-state index is -0.265. The van der Waals surface area contributed by atoms with Crippen molar-refractivity contribution >= 4 is 5.91 Å². The van der Waals surface area contributed by atoms with Crippen molar-refractivity contribution in [1.82, 2.24) is 5.32 Å². The second-order valence-electron chi connectivity index (χ2n) is 5.45. The first-order valence-corrected chi connectivity index (χ1v) is 7.59. The molecule has 130 valence electrons. The van der Waals surface area contributed by atoms with Crippen molar-refractivity contribution in [3.8, 4) is 17.2 Å². The topological polar surface area (TPSA) is 69.9 Å². The molecule has 1 aromatic carbocycles. The first kappa shape index (κ1) is 17.7. The van der Waals surface area contributed by atoms with Gasteiger partial charge in [-0.25, -0.2) is 0 Å². The maximum absolute atomic E-state index is 12.7. The quantitative estimate of drug-likeness (QED) is 0.877. The average molecular weight is 333 g/mol. The number of ether oxygens (including phenoxy) is 3. The Balaban J connectivity index is 2.31. The molecule has 0 unspecified atom stereocenters. The first-order chi connectivity index (χ1) is 11.4. The van der Waals surface area contributed by atoms with Gasteiger partial charge in [0.25, 0.3) is 5.91 Å². The number of methoxy groups -OCH3 is 3. The van der Waals surface area contributed by atoms with E-state index in [1.54, 1.807) is 12.1 Å². The van der Waals surface area contributed by atoms with E-state index >= 15 is 0 Å². The number of nitrogens with one attached hydrogen (secondary N) is 1. The van der Waals surface area contributed by atoms with Gasteiger partial charge in [0.15, 0.2) is 11.5 Å². The lowest BCUT2D eigenvalue weighted by Crippen LogP contribution is -2.27. The van der Waals surface area contributed by atoms with Crippen LogP contribution in [0.5, 0.6) is 17.2 Å². The van der Waals surface area contributed by atoms with Gasteiger partial charge in [-0.3, -0.25) is 4.79 Å². The van der Waals surface area contributed by atoms with E-state index in [0.29, 0.717) is 22.8 Å². The molecule has 0 aliphatic rings. The number of benzene rings is 1. The van der Waals surface area contributed by atoms with Crippen LogP contribution in [-0.2, 0) is 0 Å². The summed E-state index contributed by atoms with van der Waals surface area (Å²) in [5.41, 5.74) is 1.32. The standard InChI is InChI=1S/C18H23NO5/c1-10-9-14(12(3)24-10)11(2)19-18(20)13-7-8-15(21-4)17(23-6)16(13)22-5/h7-9,11H,1-6H3,(H,19,20)/t11-/m1/s1. The summed E-state index contributed by atoms with van der Waals surface area (Å²) in [6.45, 7) is 5.66. The Morgan fingerprint density at radius 3 is 2.25 bits per heavy atom. The van der Waals surface area contributed by atoms with Crippen molar-refractivity contribution in [2.45, 2.75) is 26.8 Å². The first-order valence-electron chi connectivity index (χ1n) is 7.59. The van der Waals surface area contributed by atoms with Gasteiger partial charge in [-0.05, 0) is 39.0 Å². The number of carbonyl (C=O) groups is 1. The maximum Gasteiger partial charge on any atom is 0.255 e. The van der Waals surface area contributed by atoms with Gasteiger partial charge >= 0.3 is 0 Å². The van der Waals surface area contributed by atoms with Crippen LogP contribution in [0.2, 0.25) is 0 Å². The number of furan rings is 1. The third-order valence-corrected chi connectivity index (χ3v) is 3.84. The SMILES string of the molecule is COc1ccc(C(=O)N[C@H](C)c2cc(C)oc2C)c(OC)c1OC. The van der Waals surface area contributed by atoms with Crippen LogP contribution in [0.15, 0.2) is 22.6 Å². The summed E-state index contributed by atoms with van der Waals surface area (Å²) in [6.07, 6.45) is 0. The number of hydrogen-bond acceptors (Lipinski definition) is 5. The van der Waals surface area contributed by atoms with E-state index in [0.717, 1.165) is 17.1 Å². The van der Waals surface area contributed by atoms with E-state index < -0.39 is 0 Å². The van der Waals surface area contributed by atoms with Crippen molar-refractivity contribution in [3.63, 3.8) is 0 Å². The van der Waals surface area contributed by atoms with E-state index in [4.69, 9.17) is 18.6 Å². The number of rotatable bonds is 6. The molecule has 1 atom stereocenters. The zero-order chi connectivity index (χ0) is 17.9. The minimum Gasteiger partial charge on any atom is -0.493 e. The van der Waals surface area contributed by atoms with Crippen molar-refractivity contribution in [2.75, 3.05) is 21.3 Å². The Hall–Kier alpha value is -2.63. The molecule has 1 aromatic heterocycles. The molecule has 0 aliphatic heterocycles. The fourth-order valence-corrected chi connectivity index (χ4v) is 2.71. The van der Waals surface area contributed by atoms with E-state index in [2.05, 4.69) is 5.32 Å². The lowest BCUT2D eigenvalue weighted by molar-refractivity contribution is 0.0936. The molecule has 2 aromatic rings. The van der Waals surface area contributed by atoms with Gasteiger partial charge in [0, 0.05) is 5.56 Å². The molecule has 24 heavy (non-hydrogen) atoms. The largest absolute Gasteiger partial charge is 0.493 e. The van der Waals surface area contributed by atoms with Crippen LogP contribution in [0.3, 0.4) is 0 Å². The molecule has 1 heterocycles. The van der Waals surface area contributed by atoms with Crippen LogP contribution >= 0.6 is 0 Å². The van der Waals surface area contributed by atoms with Gasteiger partial charge in [-0.2, -0.15) is 0 Å². The zero-order valence-electron chi connectivity index (χ0n) is 14.9. The van der Waals surface area contributed by atoms with Crippen molar-refractivity contribution in [1.29, 1.82) is 0 Å². The highest BCUT2D eigenvalue weighted by molar-refractivity contribution is 5.98. The molecule has 6 heteroatoms. The Kier molecular flexibility index (Phi) is 5.39. The molecular weight excluding hydrogens is 310 g/mol. The highest BCUT2D eigenvalue weighted by atomic mass is 16.5. The van der Waals surface area contributed by atoms with E-state index in [1.807, 2.05) is 26.8 Å². The molecule has 0 spiro atoms. The van der Waals surface area contributed by atoms with Crippen LogP contribution in [-0.4, -0.2) is 27.2 Å². The predicted molar refractivity (Wildman–Crippen MR) is 90.2 cm³/mol. The van der Waals surface area contributed by atoms with Gasteiger partial charge < -0.3 is 23.9 Å². The molecule has 0 bridgehead atoms. The number of amides is 1. The van der Waals surface area contributed by atoms with Crippen LogP contribution in [0, 0.1) is 13.8 Å². The summed E-state index contributed by atoms with van der Waals surface area (Å²) in [4.78, 5) is 12.7. The van der Waals surface area contributed by atoms with E-state index in [-0.39, 0.29) is 11.9 Å². The van der Waals surface area contributed by atoms with Gasteiger partial charge in [0.2, 0.25) is 5.75 Å². The highest BCUT2D eigenvalue weighted by Gasteiger charge is 2.23. The third-order valence-electron chi connectivity index (χ3n) is 3.84. The fourth-order valence-electron chi connectivity index (χ4n) is 2.71. The molecule has 2 rings (SSSR count). The van der Waals surface area contributed by atoms with Gasteiger partial charge in [0.1, 0.15) is 11.5 Å². The average Bonchev–Trinajstić information content (AvgIpc) is 2.91. The predicted octanol–water partition coefficient (Wildman–Crippen LogP) is 3.41. The van der Waals surface area contributed by atoms with Crippen LogP contribution in [0.1, 0.15) is 40.4 Å². The van der Waals surface area contributed by atoms with Crippen molar-refractivity contribution < 1.29 is 23.4 Å². The maximum atomic E-state index is 12.7. The normalized spacial score (nSPS) is 11.8. The Morgan fingerprint density at radius 1 is 1.08 bits per heavy atom. The molecule has 0 aliphatic carbocycles. The Bertz CT molecular complexity index is 735. The van der Waals surface area contributed by atoms with Gasteiger partial charge in [0.05, 0.1) is 32.9 Å². The molecule has 0 saturated heterocycles. The van der Waals surface area contributed by atoms with E-state index in [9.17, 15) is 4.79 Å². The molecule has 6 nitrogen and oxygen atoms in total. The molecule has 0 radical (unpaired) electrons. The van der Waals surface area contributed by atoms with Gasteiger partial charge in [-0.1, -0.05) is 0 Å². The molecule has 0 saturated carbocycles. The van der Waals surface area contributed by atoms with Gasteiger partial charge in [-0.15, -0.1) is 0 Å². The number of hydrogen-bond donors (Lipinski definition) is 1. The molecule has 0 fully saturated rings. The number of aryl methyl sites for hydroxylation is 2. The monoisotopic (exact) mass is 333 g/mol. The fraction of sp³-hybridized carbons (Fsp3) is 0.389. The number of carbonyl (C=O) groups excluding carboxylic acids is 1. The van der Waals surface area contributed by atoms with Crippen molar-refractivity contribution in [3.05, 3.63) is 40.8 Å². The highest BCUT2D eigenvalue weighted by Crippen LogP contribution is 2.39. The van der Waals surface area contributed by atoms with Crippen LogP contribution in [0.25, 0.3) is 0 Å². The third kappa shape index (κ3) is 3.32. The summed E-state index contributed by atoms with van der Waals surface area (Å²) in [5.74, 6) is 2.56. The summed E-state index contributed by atoms with van der Waals surface area (Å²) < 4.78 is 21.4. The summed E-state index contributed by atoms with van der Waals surface area (Å²) in [7, 11) is 4.52. The summed E-state index contributed by atoms with van der Waals surface area (Å²) in [5, 5.41) is 2.95. The lowest BCUT2D eigenvalue weighted by atomic mass is 10.1. The molecule has 1 N–H and O–H groups in total. The lowest BCUT2D eigenvalue weighted by Gasteiger charge is -2.17. The Labute approximate surface area is 141 Å². The molecule has 1 amide bonds. The second kappa shape index (κ2) is 7.29. The van der Waals surface area contributed by atoms with Crippen LogP contribution in [0.4, 0.5) is 0 Å². The Morgan fingerprint density at radius 2 is 1.75 bits per heavy atom. The smallest absolute Gasteiger partial charge is 0.255 e. The second-order valence-corrected chi connectivity index (χ2v) is 5.45. The molecular formula is C18H23NO5. The minimum absolute atomic E-state index is 0.201.